The Morgan fingerprint density at radius 3 is 2.62 bits per heavy atom. The molecule has 0 aliphatic carbocycles. The molecule has 70 valence electrons. The van der Waals surface area contributed by atoms with E-state index in [9.17, 15) is 0 Å². The Morgan fingerprint density at radius 2 is 2.00 bits per heavy atom. The second-order valence-corrected chi connectivity index (χ2v) is 3.29. The van der Waals surface area contributed by atoms with Crippen molar-refractivity contribution in [1.82, 2.24) is 0 Å². The van der Waals surface area contributed by atoms with E-state index in [-0.39, 0.29) is 0 Å². The maximum Gasteiger partial charge on any atom is 0.0857 e. The van der Waals surface area contributed by atoms with Crippen molar-refractivity contribution in [3.05, 3.63) is 24.3 Å². The van der Waals surface area contributed by atoms with Crippen molar-refractivity contribution in [2.45, 2.75) is 13.8 Å². The second-order valence-electron chi connectivity index (χ2n) is 3.29. The number of hydrogen-bond acceptors (Lipinski definition) is 2. The number of anilines is 1. The molecule has 0 fully saturated rings. The van der Waals surface area contributed by atoms with E-state index in [2.05, 4.69) is 24.2 Å². The van der Waals surface area contributed by atoms with E-state index in [1.165, 1.54) is 0 Å². The van der Waals surface area contributed by atoms with Crippen LogP contribution in [0.5, 0.6) is 0 Å². The lowest BCUT2D eigenvalue weighted by Crippen LogP contribution is -1.89. The number of hydrogen-bond donors (Lipinski definition) is 1. The SMILES string of the molecule is CNc1ccccc1N=CC(C)C. The summed E-state index contributed by atoms with van der Waals surface area (Å²) in [5.41, 5.74) is 2.07. The maximum absolute atomic E-state index is 4.39. The van der Waals surface area contributed by atoms with E-state index in [1.54, 1.807) is 0 Å². The predicted molar refractivity (Wildman–Crippen MR) is 59.0 cm³/mol. The molecule has 2 heteroatoms. The van der Waals surface area contributed by atoms with Crippen molar-refractivity contribution >= 4 is 17.6 Å². The van der Waals surface area contributed by atoms with Gasteiger partial charge in [0.05, 0.1) is 11.4 Å². The van der Waals surface area contributed by atoms with Crippen molar-refractivity contribution in [1.29, 1.82) is 0 Å². The zero-order valence-electron chi connectivity index (χ0n) is 8.41. The smallest absolute Gasteiger partial charge is 0.0857 e. The molecule has 1 N–H and O–H groups in total. The van der Waals surface area contributed by atoms with Gasteiger partial charge >= 0.3 is 0 Å². The van der Waals surface area contributed by atoms with Crippen LogP contribution in [0.15, 0.2) is 29.3 Å². The zero-order chi connectivity index (χ0) is 9.68. The third-order valence-corrected chi connectivity index (χ3v) is 1.69. The molecule has 0 saturated carbocycles. The van der Waals surface area contributed by atoms with Gasteiger partial charge in [-0.2, -0.15) is 0 Å². The fourth-order valence-electron chi connectivity index (χ4n) is 1.03. The van der Waals surface area contributed by atoms with Gasteiger partial charge in [-0.3, -0.25) is 4.99 Å². The van der Waals surface area contributed by atoms with E-state index in [1.807, 2.05) is 37.5 Å². The van der Waals surface area contributed by atoms with Crippen LogP contribution in [0.4, 0.5) is 11.4 Å². The minimum Gasteiger partial charge on any atom is -0.386 e. The first-order valence-electron chi connectivity index (χ1n) is 4.55. The molecule has 1 aromatic carbocycles. The number of rotatable bonds is 3. The van der Waals surface area contributed by atoms with Gasteiger partial charge in [-0.25, -0.2) is 0 Å². The Bertz CT molecular complexity index is 290. The first-order valence-corrected chi connectivity index (χ1v) is 4.55. The molecule has 0 aliphatic heterocycles. The third-order valence-electron chi connectivity index (χ3n) is 1.69. The van der Waals surface area contributed by atoms with Gasteiger partial charge in [0.1, 0.15) is 0 Å². The Morgan fingerprint density at radius 1 is 1.31 bits per heavy atom. The number of nitrogens with zero attached hydrogens (tertiary/aromatic N) is 1. The summed E-state index contributed by atoms with van der Waals surface area (Å²) in [5, 5.41) is 3.11. The molecule has 0 radical (unpaired) electrons. The molecule has 1 rings (SSSR count). The van der Waals surface area contributed by atoms with Gasteiger partial charge in [0.25, 0.3) is 0 Å². The average molecular weight is 176 g/mol. The summed E-state index contributed by atoms with van der Waals surface area (Å²) in [4.78, 5) is 4.39. The van der Waals surface area contributed by atoms with Gasteiger partial charge in [0, 0.05) is 13.3 Å². The molecule has 0 bridgehead atoms. The number of nitrogens with one attached hydrogen (secondary N) is 1. The number of benzene rings is 1. The molecule has 0 saturated heterocycles. The minimum absolute atomic E-state index is 0.491. The summed E-state index contributed by atoms with van der Waals surface area (Å²) in [6.45, 7) is 4.23. The Hall–Kier alpha value is -1.31. The minimum atomic E-state index is 0.491. The first kappa shape index (κ1) is 9.78. The van der Waals surface area contributed by atoms with Gasteiger partial charge in [0.2, 0.25) is 0 Å². The van der Waals surface area contributed by atoms with Crippen molar-refractivity contribution in [3.8, 4) is 0 Å². The molecule has 0 unspecified atom stereocenters. The van der Waals surface area contributed by atoms with Crippen molar-refractivity contribution in [3.63, 3.8) is 0 Å². The van der Waals surface area contributed by atoms with Crippen LogP contribution in [0.2, 0.25) is 0 Å². The number of para-hydroxylation sites is 2. The molecule has 13 heavy (non-hydrogen) atoms. The van der Waals surface area contributed by atoms with E-state index in [0.29, 0.717) is 5.92 Å². The summed E-state index contributed by atoms with van der Waals surface area (Å²) in [5.74, 6) is 0.491. The van der Waals surface area contributed by atoms with Crippen LogP contribution >= 0.6 is 0 Å². The lowest BCUT2D eigenvalue weighted by molar-refractivity contribution is 0.907. The van der Waals surface area contributed by atoms with Crippen LogP contribution in [0.3, 0.4) is 0 Å². The zero-order valence-corrected chi connectivity index (χ0v) is 8.41. The molecule has 0 aliphatic rings. The van der Waals surface area contributed by atoms with Gasteiger partial charge in [-0.05, 0) is 18.1 Å². The third kappa shape index (κ3) is 2.90. The van der Waals surface area contributed by atoms with Crippen LogP contribution in [0, 0.1) is 5.92 Å². The molecule has 0 aromatic heterocycles. The van der Waals surface area contributed by atoms with Gasteiger partial charge in [-0.1, -0.05) is 26.0 Å². The second kappa shape index (κ2) is 4.65. The summed E-state index contributed by atoms with van der Waals surface area (Å²) < 4.78 is 0. The fourth-order valence-corrected chi connectivity index (χ4v) is 1.03. The molecule has 0 atom stereocenters. The van der Waals surface area contributed by atoms with E-state index in [4.69, 9.17) is 0 Å². The van der Waals surface area contributed by atoms with Crippen molar-refractivity contribution < 1.29 is 0 Å². The van der Waals surface area contributed by atoms with E-state index < -0.39 is 0 Å². The maximum atomic E-state index is 4.39. The van der Waals surface area contributed by atoms with Crippen LogP contribution in [-0.2, 0) is 0 Å². The van der Waals surface area contributed by atoms with Crippen LogP contribution in [0.25, 0.3) is 0 Å². The monoisotopic (exact) mass is 176 g/mol. The quantitative estimate of drug-likeness (QED) is 0.703. The van der Waals surface area contributed by atoms with Crippen LogP contribution in [-0.4, -0.2) is 13.3 Å². The summed E-state index contributed by atoms with van der Waals surface area (Å²) in [6, 6.07) is 8.02. The van der Waals surface area contributed by atoms with Crippen LogP contribution < -0.4 is 5.32 Å². The van der Waals surface area contributed by atoms with E-state index in [0.717, 1.165) is 11.4 Å². The van der Waals surface area contributed by atoms with Gasteiger partial charge < -0.3 is 5.32 Å². The fraction of sp³-hybridized carbons (Fsp3) is 0.364. The van der Waals surface area contributed by atoms with E-state index >= 15 is 0 Å². The highest BCUT2D eigenvalue weighted by molar-refractivity contribution is 5.72. The highest BCUT2D eigenvalue weighted by atomic mass is 14.9. The largest absolute Gasteiger partial charge is 0.386 e. The molecule has 0 heterocycles. The summed E-state index contributed by atoms with van der Waals surface area (Å²) >= 11 is 0. The predicted octanol–water partition coefficient (Wildman–Crippen LogP) is 3.09. The normalized spacial score (nSPS) is 11.1. The molecule has 1 aromatic rings. The Kier molecular flexibility index (Phi) is 3.50. The topological polar surface area (TPSA) is 24.4 Å². The Balaban J connectivity index is 2.87. The first-order chi connectivity index (χ1) is 6.24. The average Bonchev–Trinajstić information content (AvgIpc) is 2.15. The molecular weight excluding hydrogens is 160 g/mol. The summed E-state index contributed by atoms with van der Waals surface area (Å²) in [6.07, 6.45) is 1.95. The standard InChI is InChI=1S/C11H16N2/c1-9(2)8-13-11-7-5-4-6-10(11)12-3/h4-9,12H,1-3H3. The highest BCUT2D eigenvalue weighted by Gasteiger charge is 1.95. The lowest BCUT2D eigenvalue weighted by Gasteiger charge is -2.03. The molecular formula is C11H16N2. The van der Waals surface area contributed by atoms with Gasteiger partial charge in [0.15, 0.2) is 0 Å². The van der Waals surface area contributed by atoms with Crippen molar-refractivity contribution in [2.24, 2.45) is 10.9 Å². The summed E-state index contributed by atoms with van der Waals surface area (Å²) in [7, 11) is 1.91. The molecule has 2 nitrogen and oxygen atoms in total. The van der Waals surface area contributed by atoms with Crippen molar-refractivity contribution in [2.75, 3.05) is 12.4 Å². The Labute approximate surface area is 79.7 Å². The molecule has 0 spiro atoms. The number of aliphatic imine (C=N–C) groups is 1. The highest BCUT2D eigenvalue weighted by Crippen LogP contribution is 2.23. The van der Waals surface area contributed by atoms with Crippen LogP contribution in [0.1, 0.15) is 13.8 Å². The molecule has 0 amide bonds. The lowest BCUT2D eigenvalue weighted by atomic mass is 10.2. The van der Waals surface area contributed by atoms with Gasteiger partial charge in [-0.15, -0.1) is 0 Å².